The lowest BCUT2D eigenvalue weighted by molar-refractivity contribution is -0.132. The van der Waals surface area contributed by atoms with Crippen molar-refractivity contribution in [1.29, 1.82) is 0 Å². The molecule has 1 aromatic heterocycles. The largest absolute Gasteiger partial charge is 0.380 e. The fourth-order valence-electron chi connectivity index (χ4n) is 6.04. The van der Waals surface area contributed by atoms with Crippen molar-refractivity contribution in [3.63, 3.8) is 0 Å². The van der Waals surface area contributed by atoms with Crippen LogP contribution < -0.4 is 0 Å². The van der Waals surface area contributed by atoms with Gasteiger partial charge in [0.1, 0.15) is 5.60 Å². The second-order valence-electron chi connectivity index (χ2n) is 11.8. The Bertz CT molecular complexity index is 1020. The fourth-order valence-corrected chi connectivity index (χ4v) is 6.04. The normalized spacial score (nSPS) is 20.5. The Morgan fingerprint density at radius 1 is 1.12 bits per heavy atom. The van der Waals surface area contributed by atoms with Gasteiger partial charge >= 0.3 is 0 Å². The molecule has 1 amide bonds. The Kier molecular flexibility index (Phi) is 6.65. The number of carbonyl (C=O) groups excluding carboxylic acids is 1. The van der Waals surface area contributed by atoms with Crippen LogP contribution in [0.4, 0.5) is 0 Å². The first-order valence-electron chi connectivity index (χ1n) is 12.7. The minimum Gasteiger partial charge on any atom is -0.380 e. The topological polar surface area (TPSA) is 56.7 Å². The smallest absolute Gasteiger partial charge is 0.223 e. The second-order valence-corrected chi connectivity index (χ2v) is 11.8. The molecule has 0 saturated carbocycles. The number of rotatable bonds is 8. The average Bonchev–Trinajstić information content (AvgIpc) is 3.23. The number of hydrogen-bond acceptors (Lipinski definition) is 4. The van der Waals surface area contributed by atoms with Crippen LogP contribution in [0.3, 0.4) is 0 Å². The Morgan fingerprint density at radius 2 is 1.79 bits per heavy atom. The van der Waals surface area contributed by atoms with E-state index in [2.05, 4.69) is 81.9 Å². The average molecular weight is 464 g/mol. The molecular weight excluding hydrogens is 422 g/mol. The summed E-state index contributed by atoms with van der Waals surface area (Å²) in [5.74, 6) is 0.710. The number of nitrogens with zero attached hydrogens (tertiary/aromatic N) is 3. The van der Waals surface area contributed by atoms with Gasteiger partial charge in [-0.25, -0.2) is 0 Å². The van der Waals surface area contributed by atoms with Gasteiger partial charge in [-0.2, -0.15) is 0 Å². The molecule has 0 unspecified atom stereocenters. The van der Waals surface area contributed by atoms with Gasteiger partial charge in [0, 0.05) is 55.0 Å². The Labute approximate surface area is 205 Å². The van der Waals surface area contributed by atoms with Crippen LogP contribution in [0.1, 0.15) is 82.1 Å². The summed E-state index contributed by atoms with van der Waals surface area (Å²) in [6, 6.07) is 10.6. The van der Waals surface area contributed by atoms with Crippen molar-refractivity contribution < 1.29 is 9.90 Å². The Balaban J connectivity index is 1.64. The van der Waals surface area contributed by atoms with Gasteiger partial charge in [-0.05, 0) is 68.8 Å². The molecule has 2 aromatic rings. The van der Waals surface area contributed by atoms with E-state index < -0.39 is 5.60 Å². The Morgan fingerprint density at radius 3 is 2.35 bits per heavy atom. The molecule has 5 nitrogen and oxygen atoms in total. The quantitative estimate of drug-likeness (QED) is 0.615. The third-order valence-electron chi connectivity index (χ3n) is 8.15. The van der Waals surface area contributed by atoms with Gasteiger partial charge in [0.15, 0.2) is 0 Å². The molecule has 1 N–H and O–H groups in total. The summed E-state index contributed by atoms with van der Waals surface area (Å²) in [6.45, 7) is 13.4. The van der Waals surface area contributed by atoms with E-state index in [1.807, 2.05) is 17.3 Å². The van der Waals surface area contributed by atoms with Gasteiger partial charge in [-0.1, -0.05) is 45.0 Å². The molecule has 2 aliphatic rings. The van der Waals surface area contributed by atoms with Gasteiger partial charge in [0.25, 0.3) is 0 Å². The van der Waals surface area contributed by atoms with Crippen LogP contribution in [0.5, 0.6) is 0 Å². The van der Waals surface area contributed by atoms with Crippen molar-refractivity contribution in [2.24, 2.45) is 5.41 Å². The van der Waals surface area contributed by atoms with Crippen LogP contribution in [-0.2, 0) is 16.8 Å². The summed E-state index contributed by atoms with van der Waals surface area (Å²) in [7, 11) is 2.10. The maximum absolute atomic E-state index is 12.4. The summed E-state index contributed by atoms with van der Waals surface area (Å²) in [5.41, 5.74) is 2.54. The second kappa shape index (κ2) is 9.09. The third-order valence-corrected chi connectivity index (χ3v) is 8.15. The van der Waals surface area contributed by atoms with Gasteiger partial charge in [-0.15, -0.1) is 0 Å². The van der Waals surface area contributed by atoms with Crippen LogP contribution in [0.25, 0.3) is 0 Å². The number of carbonyl (C=O) groups is 1. The SMILES string of the molecule is CC(C)c1ccc([C@](O)(c2cncc(CCC(C)(C)N3CCCC3=O)c2)C2(C)CN(C)C2)cc1. The van der Waals surface area contributed by atoms with Crippen LogP contribution >= 0.6 is 0 Å². The van der Waals surface area contributed by atoms with Gasteiger partial charge in [-0.3, -0.25) is 9.78 Å². The van der Waals surface area contributed by atoms with Crippen molar-refractivity contribution in [3.05, 3.63) is 65.0 Å². The van der Waals surface area contributed by atoms with Gasteiger partial charge in [0.05, 0.1) is 0 Å². The van der Waals surface area contributed by atoms with Crippen LogP contribution in [0.15, 0.2) is 42.7 Å². The molecule has 2 fully saturated rings. The van der Waals surface area contributed by atoms with Crippen LogP contribution in [0.2, 0.25) is 0 Å². The predicted octanol–water partition coefficient (Wildman–Crippen LogP) is 4.73. The van der Waals surface area contributed by atoms with Gasteiger partial charge in [0.2, 0.25) is 5.91 Å². The standard InChI is InChI=1S/C29H41N3O2/c1-21(2)23-9-11-24(12-10-23)29(34,28(5)19-31(6)20-28)25-16-22(17-30-18-25)13-14-27(3,4)32-15-7-8-26(32)33/h9-12,16-18,21,34H,7-8,13-15,19-20H2,1-6H3/t29-/m0/s1. The number of likely N-dealkylation sites (tertiary alicyclic amines) is 2. The first-order chi connectivity index (χ1) is 16.0. The molecule has 34 heavy (non-hydrogen) atoms. The highest BCUT2D eigenvalue weighted by molar-refractivity contribution is 5.78. The van der Waals surface area contributed by atoms with Crippen molar-refractivity contribution in [1.82, 2.24) is 14.8 Å². The van der Waals surface area contributed by atoms with E-state index >= 15 is 0 Å². The van der Waals surface area contributed by atoms with Crippen molar-refractivity contribution in [2.75, 3.05) is 26.7 Å². The van der Waals surface area contributed by atoms with E-state index in [1.54, 1.807) is 0 Å². The summed E-state index contributed by atoms with van der Waals surface area (Å²) in [4.78, 5) is 21.1. The molecule has 0 aliphatic carbocycles. The lowest BCUT2D eigenvalue weighted by Gasteiger charge is -2.56. The number of aromatic nitrogens is 1. The van der Waals surface area contributed by atoms with Crippen molar-refractivity contribution >= 4 is 5.91 Å². The van der Waals surface area contributed by atoms with Crippen LogP contribution in [-0.4, -0.2) is 58.0 Å². The molecule has 2 saturated heterocycles. The van der Waals surface area contributed by atoms with E-state index in [0.717, 1.165) is 55.6 Å². The maximum Gasteiger partial charge on any atom is 0.223 e. The maximum atomic E-state index is 12.4. The lowest BCUT2D eigenvalue weighted by Crippen LogP contribution is -2.63. The number of pyridine rings is 1. The number of aliphatic hydroxyl groups is 1. The summed E-state index contributed by atoms with van der Waals surface area (Å²) in [6.07, 6.45) is 7.04. The molecule has 1 atom stereocenters. The number of amides is 1. The Hall–Kier alpha value is -2.24. The molecule has 3 heterocycles. The summed E-state index contributed by atoms with van der Waals surface area (Å²) in [5, 5.41) is 12.4. The highest BCUT2D eigenvalue weighted by Gasteiger charge is 2.55. The van der Waals surface area contributed by atoms with E-state index in [4.69, 9.17) is 0 Å². The highest BCUT2D eigenvalue weighted by atomic mass is 16.3. The first-order valence-corrected chi connectivity index (χ1v) is 12.7. The minimum atomic E-state index is -1.13. The molecule has 1 aromatic carbocycles. The summed E-state index contributed by atoms with van der Waals surface area (Å²) >= 11 is 0. The monoisotopic (exact) mass is 463 g/mol. The van der Waals surface area contributed by atoms with E-state index in [9.17, 15) is 9.90 Å². The molecule has 4 rings (SSSR count). The van der Waals surface area contributed by atoms with Crippen LogP contribution in [0, 0.1) is 5.41 Å². The highest BCUT2D eigenvalue weighted by Crippen LogP contribution is 2.50. The molecule has 2 aliphatic heterocycles. The number of hydrogen-bond donors (Lipinski definition) is 1. The molecular formula is C29H41N3O2. The van der Waals surface area contributed by atoms with Gasteiger partial charge < -0.3 is 14.9 Å². The zero-order valence-electron chi connectivity index (χ0n) is 21.8. The molecule has 0 spiro atoms. The van der Waals surface area contributed by atoms with Crippen molar-refractivity contribution in [3.8, 4) is 0 Å². The van der Waals surface area contributed by atoms with E-state index in [1.165, 1.54) is 5.56 Å². The van der Waals surface area contributed by atoms with E-state index in [0.29, 0.717) is 12.3 Å². The first kappa shape index (κ1) is 24.9. The molecule has 0 radical (unpaired) electrons. The van der Waals surface area contributed by atoms with Crippen molar-refractivity contribution in [2.45, 2.75) is 77.4 Å². The zero-order valence-corrected chi connectivity index (χ0v) is 21.8. The number of benzene rings is 1. The number of aryl methyl sites for hydroxylation is 1. The molecule has 5 heteroatoms. The third kappa shape index (κ3) is 4.40. The molecule has 184 valence electrons. The van der Waals surface area contributed by atoms with E-state index in [-0.39, 0.29) is 16.9 Å². The lowest BCUT2D eigenvalue weighted by atomic mass is 9.62. The molecule has 0 bridgehead atoms. The fraction of sp³-hybridized carbons (Fsp3) is 0.586. The minimum absolute atomic E-state index is 0.185. The predicted molar refractivity (Wildman–Crippen MR) is 137 cm³/mol. The summed E-state index contributed by atoms with van der Waals surface area (Å²) < 4.78 is 0. The zero-order chi connectivity index (χ0) is 24.7.